The van der Waals surface area contributed by atoms with E-state index in [9.17, 15) is 0 Å². The van der Waals surface area contributed by atoms with Crippen molar-refractivity contribution in [2.75, 3.05) is 26.2 Å². The number of nitriles is 1. The summed E-state index contributed by atoms with van der Waals surface area (Å²) < 4.78 is 0. The van der Waals surface area contributed by atoms with Gasteiger partial charge < -0.3 is 58.3 Å². The van der Waals surface area contributed by atoms with Crippen molar-refractivity contribution in [3.8, 4) is 5.40 Å². The van der Waals surface area contributed by atoms with Gasteiger partial charge >= 0.3 is 0 Å². The molecule has 0 saturated heterocycles. The van der Waals surface area contributed by atoms with Crippen LogP contribution in [0.4, 0.5) is 0 Å². The van der Waals surface area contributed by atoms with Gasteiger partial charge in [0.15, 0.2) is 5.34 Å². The first kappa shape index (κ1) is 43.0. The van der Waals surface area contributed by atoms with E-state index in [1.807, 2.05) is 0 Å². The fourth-order valence-corrected chi connectivity index (χ4v) is 0. The van der Waals surface area contributed by atoms with Crippen LogP contribution in [0.15, 0.2) is 10.7 Å². The molecule has 0 spiro atoms. The second kappa shape index (κ2) is 124. The van der Waals surface area contributed by atoms with Crippen LogP contribution >= 0.6 is 0 Å². The minimum absolute atomic E-state index is 0. The monoisotopic (exact) mass is 341 g/mol. The maximum Gasteiger partial charge on any atom is 0.152 e. The van der Waals surface area contributed by atoms with Crippen molar-refractivity contribution in [2.24, 2.45) is 10.7 Å². The summed E-state index contributed by atoms with van der Waals surface area (Å²) in [5, 5.41) is 25.4. The van der Waals surface area contributed by atoms with Gasteiger partial charge in [0.1, 0.15) is 0 Å². The first-order valence-electron chi connectivity index (χ1n) is 3.59. The van der Waals surface area contributed by atoms with Crippen molar-refractivity contribution in [1.82, 2.24) is 0 Å². The molecule has 0 fully saturated rings. The van der Waals surface area contributed by atoms with Crippen molar-refractivity contribution in [3.05, 3.63) is 45.4 Å². The van der Waals surface area contributed by atoms with Gasteiger partial charge in [-0.15, -0.1) is 10.2 Å². The number of hydrogen-bond donors (Lipinski definition) is 1. The van der Waals surface area contributed by atoms with Gasteiger partial charge in [0, 0.05) is 16.8 Å². The predicted molar refractivity (Wildman–Crippen MR) is 72.9 cm³/mol. The minimum atomic E-state index is 0. The van der Waals surface area contributed by atoms with E-state index in [1.165, 1.54) is 10.7 Å². The summed E-state index contributed by atoms with van der Waals surface area (Å²) in [5.41, 5.74) is 25.1. The largest absolute Gasteiger partial charge is 0.696 e. The van der Waals surface area contributed by atoms with E-state index in [0.717, 1.165) is 5.34 Å². The average molecular weight is 341 g/mol. The molecule has 0 amide bonds. The molecule has 0 aliphatic carbocycles. The van der Waals surface area contributed by atoms with E-state index in [2.05, 4.69) is 12.6 Å². The van der Waals surface area contributed by atoms with Gasteiger partial charge in [-0.25, -0.2) is 5.26 Å². The van der Waals surface area contributed by atoms with Gasteiger partial charge in [0.2, 0.25) is 0 Å². The first-order chi connectivity index (χ1) is 8.07. The fourth-order valence-electron chi connectivity index (χ4n) is 0. The molecule has 5 N–H and O–H groups in total. The van der Waals surface area contributed by atoms with E-state index < -0.39 is 0 Å². The van der Waals surface area contributed by atoms with Crippen LogP contribution in [0.25, 0.3) is 22.9 Å². The summed E-state index contributed by atoms with van der Waals surface area (Å²) in [6, 6.07) is 0. The Kier molecular flexibility index (Phi) is 280. The molecule has 0 atom stereocenters. The zero-order valence-corrected chi connectivity index (χ0v) is 11.9. The standard InChI is InChI=1S/2C2H6N2.CHNS.CH3.Co.2HNO2/c2*3-1-2-4;2-1-3;;;2*2-1-3/h2*3-4H,1-2H2;3H;1H3;;2*(H,2,3)/q2*-2;;-1;;;/p-2. The van der Waals surface area contributed by atoms with Gasteiger partial charge in [0.25, 0.3) is 0 Å². The Morgan fingerprint density at radius 2 is 1.16 bits per heavy atom. The zero-order valence-electron chi connectivity index (χ0n) is 10.1. The van der Waals surface area contributed by atoms with Crippen molar-refractivity contribution in [3.63, 3.8) is 0 Å². The van der Waals surface area contributed by atoms with E-state index in [0.29, 0.717) is 0 Å². The van der Waals surface area contributed by atoms with Gasteiger partial charge in [-0.3, -0.25) is 0 Å². The number of rotatable bonds is 2. The topological polar surface area (TPSA) is 221 Å². The Morgan fingerprint density at radius 3 is 1.16 bits per heavy atom. The average Bonchev–Trinajstić information content (AvgIpc) is 2.32. The molecule has 0 aliphatic rings. The SMILES string of the molecule is N#C[S-].O=NO.O=N[O-].[CH3-].[Co].[NH-]CC[NH-].[NH-]CC[NH-]. The summed E-state index contributed by atoms with van der Waals surface area (Å²) in [4.78, 5) is 16.1. The van der Waals surface area contributed by atoms with Crippen LogP contribution in [0, 0.1) is 33.1 Å². The molecule has 0 unspecified atom stereocenters. The van der Waals surface area contributed by atoms with Crippen molar-refractivity contribution >= 4 is 12.6 Å². The molecule has 0 aromatic heterocycles. The summed E-state index contributed by atoms with van der Waals surface area (Å²) in [6.07, 6.45) is 0. The number of nitrogens with zero attached hydrogens (tertiary/aromatic N) is 3. The third-order valence-electron chi connectivity index (χ3n) is 0.250. The van der Waals surface area contributed by atoms with Crippen LogP contribution in [-0.4, -0.2) is 31.4 Å². The van der Waals surface area contributed by atoms with Gasteiger partial charge in [-0.1, -0.05) is 5.40 Å². The van der Waals surface area contributed by atoms with E-state index in [4.69, 9.17) is 48.4 Å². The van der Waals surface area contributed by atoms with Crippen LogP contribution in [0.2, 0.25) is 0 Å². The van der Waals surface area contributed by atoms with Crippen LogP contribution in [0.3, 0.4) is 0 Å². The van der Waals surface area contributed by atoms with Crippen molar-refractivity contribution in [1.29, 1.82) is 5.26 Å². The normalized spacial score (nSPS) is 4.79. The predicted octanol–water partition coefficient (Wildman–Crippen LogP) is 3.04. The molecule has 19 heavy (non-hydrogen) atoms. The molecule has 0 aromatic rings. The van der Waals surface area contributed by atoms with Gasteiger partial charge in [-0.2, -0.15) is 26.2 Å². The Labute approximate surface area is 128 Å². The maximum absolute atomic E-state index is 8.11. The Morgan fingerprint density at radius 1 is 1.11 bits per heavy atom. The third-order valence-corrected chi connectivity index (χ3v) is 0.250. The first-order valence-corrected chi connectivity index (χ1v) is 4.00. The van der Waals surface area contributed by atoms with Crippen LogP contribution in [0.1, 0.15) is 0 Å². The molecule has 0 saturated carbocycles. The quantitative estimate of drug-likeness (QED) is 0.261. The molecule has 0 aliphatic heterocycles. The molecule has 121 valence electrons. The molecule has 11 nitrogen and oxygen atoms in total. The van der Waals surface area contributed by atoms with Crippen LogP contribution < -0.4 is 0 Å². The number of thiocyanates is 1. The summed E-state index contributed by atoms with van der Waals surface area (Å²) in [7, 11) is 0. The molecule has 0 heterocycles. The molecule has 0 rings (SSSR count). The maximum atomic E-state index is 8.11. The second-order valence-electron chi connectivity index (χ2n) is 1.25. The smallest absolute Gasteiger partial charge is 0.152 e. The van der Waals surface area contributed by atoms with Gasteiger partial charge in [-0.05, 0) is 0 Å². The van der Waals surface area contributed by atoms with E-state index in [-0.39, 0.29) is 50.4 Å². The van der Waals surface area contributed by atoms with E-state index in [1.54, 1.807) is 0 Å². The fraction of sp³-hybridized carbons (Fsp3) is 0.667. The number of nitrogens with one attached hydrogen (secondary N) is 4. The summed E-state index contributed by atoms with van der Waals surface area (Å²) in [5.74, 6) is 0. The summed E-state index contributed by atoms with van der Waals surface area (Å²) in [6.45, 7) is 0.944. The van der Waals surface area contributed by atoms with Gasteiger partial charge in [0.05, 0.1) is 0 Å². The third kappa shape index (κ3) is 5070. The zero-order chi connectivity index (χ0) is 14.9. The van der Waals surface area contributed by atoms with Crippen LogP contribution in [-0.2, 0) is 29.4 Å². The number of hydrogen-bond acceptors (Lipinski definition) is 7. The molecular weight excluding hydrogens is 325 g/mol. The van der Waals surface area contributed by atoms with Crippen molar-refractivity contribution in [2.45, 2.75) is 0 Å². The van der Waals surface area contributed by atoms with Crippen molar-refractivity contribution < 1.29 is 22.0 Å². The molecule has 0 aromatic carbocycles. The Balaban J connectivity index is -0.0000000186. The molecule has 13 heteroatoms. The molecule has 1 radical (unpaired) electrons. The van der Waals surface area contributed by atoms with E-state index >= 15 is 0 Å². The summed E-state index contributed by atoms with van der Waals surface area (Å²) >= 11 is 3.70. The Bertz CT molecular complexity index is 138. The molecule has 0 bridgehead atoms. The second-order valence-corrected chi connectivity index (χ2v) is 1.43. The molecular formula is C6H16CoN7O4S-7. The van der Waals surface area contributed by atoms with Crippen LogP contribution in [0.5, 0.6) is 0 Å². The Hall–Kier alpha value is -1.14. The minimum Gasteiger partial charge on any atom is -0.696 e.